The number of benzene rings is 1. The molecule has 9 heavy (non-hydrogen) atoms. The van der Waals surface area contributed by atoms with Crippen LogP contribution >= 0.6 is 9.39 Å². The highest BCUT2D eigenvalue weighted by molar-refractivity contribution is 7.18. The van der Waals surface area contributed by atoms with E-state index in [0.717, 1.165) is 5.69 Å². The summed E-state index contributed by atoms with van der Waals surface area (Å²) in [6, 6.07) is 6.16. The first-order valence-electron chi connectivity index (χ1n) is 2.55. The van der Waals surface area contributed by atoms with E-state index in [4.69, 9.17) is 0 Å². The molecule has 0 aliphatic rings. The maximum atomic E-state index is 12.2. The SMILES string of the molecule is Fc1ccc(NP)cc1. The average molecular weight is 143 g/mol. The standard InChI is InChI=1S/C6H7FNP/c7-5-1-3-6(8-9)4-2-5/h1-4,8H,9H2. The van der Waals surface area contributed by atoms with E-state index in [0.29, 0.717) is 0 Å². The van der Waals surface area contributed by atoms with Crippen molar-refractivity contribution in [2.45, 2.75) is 0 Å². The topological polar surface area (TPSA) is 12.0 Å². The fourth-order valence-corrected chi connectivity index (χ4v) is 0.739. The van der Waals surface area contributed by atoms with Gasteiger partial charge in [0, 0.05) is 5.69 Å². The van der Waals surface area contributed by atoms with E-state index in [-0.39, 0.29) is 5.82 Å². The van der Waals surface area contributed by atoms with E-state index in [9.17, 15) is 4.39 Å². The number of anilines is 1. The molecule has 1 nitrogen and oxygen atoms in total. The van der Waals surface area contributed by atoms with Gasteiger partial charge in [0.15, 0.2) is 0 Å². The molecule has 0 radical (unpaired) electrons. The molecule has 3 heteroatoms. The Balaban J connectivity index is 2.88. The van der Waals surface area contributed by atoms with Crippen LogP contribution in [0.1, 0.15) is 0 Å². The van der Waals surface area contributed by atoms with E-state index < -0.39 is 0 Å². The lowest BCUT2D eigenvalue weighted by atomic mass is 10.3. The van der Waals surface area contributed by atoms with E-state index in [1.165, 1.54) is 12.1 Å². The lowest BCUT2D eigenvalue weighted by molar-refractivity contribution is 0.628. The molecule has 0 aliphatic heterocycles. The number of nitrogens with one attached hydrogen (secondary N) is 1. The zero-order valence-electron chi connectivity index (χ0n) is 4.76. The van der Waals surface area contributed by atoms with Gasteiger partial charge in [-0.05, 0) is 33.7 Å². The summed E-state index contributed by atoms with van der Waals surface area (Å²) >= 11 is 0. The van der Waals surface area contributed by atoms with Crippen molar-refractivity contribution in [2.75, 3.05) is 5.09 Å². The first-order valence-corrected chi connectivity index (χ1v) is 3.13. The Morgan fingerprint density at radius 2 is 1.78 bits per heavy atom. The van der Waals surface area contributed by atoms with Crippen molar-refractivity contribution in [3.63, 3.8) is 0 Å². The summed E-state index contributed by atoms with van der Waals surface area (Å²) < 4.78 is 12.2. The molecule has 48 valence electrons. The summed E-state index contributed by atoms with van der Waals surface area (Å²) in [5, 5.41) is 2.80. The van der Waals surface area contributed by atoms with Crippen molar-refractivity contribution < 1.29 is 4.39 Å². The Bertz CT molecular complexity index is 185. The second kappa shape index (κ2) is 2.79. The van der Waals surface area contributed by atoms with Crippen LogP contribution in [0.2, 0.25) is 0 Å². The molecule has 1 rings (SSSR count). The van der Waals surface area contributed by atoms with Crippen LogP contribution in [0.25, 0.3) is 0 Å². The molecule has 0 aliphatic carbocycles. The molecule has 0 saturated heterocycles. The molecule has 1 atom stereocenters. The van der Waals surface area contributed by atoms with Crippen molar-refractivity contribution in [3.05, 3.63) is 30.1 Å². The monoisotopic (exact) mass is 143 g/mol. The Labute approximate surface area is 55.5 Å². The van der Waals surface area contributed by atoms with E-state index >= 15 is 0 Å². The lowest BCUT2D eigenvalue weighted by Crippen LogP contribution is -1.77. The summed E-state index contributed by atoms with van der Waals surface area (Å²) in [6.07, 6.45) is 0. The molecular formula is C6H7FNP. The second-order valence-electron chi connectivity index (χ2n) is 1.65. The van der Waals surface area contributed by atoms with Crippen molar-refractivity contribution in [1.82, 2.24) is 0 Å². The summed E-state index contributed by atoms with van der Waals surface area (Å²) in [6.45, 7) is 0. The minimum Gasteiger partial charge on any atom is -0.369 e. The largest absolute Gasteiger partial charge is 0.369 e. The average Bonchev–Trinajstić information content (AvgIpc) is 1.90. The minimum absolute atomic E-state index is 0.209. The Morgan fingerprint density at radius 1 is 1.22 bits per heavy atom. The minimum atomic E-state index is -0.209. The Hall–Kier alpha value is -0.620. The van der Waals surface area contributed by atoms with Gasteiger partial charge in [0.05, 0.1) is 0 Å². The Kier molecular flexibility index (Phi) is 2.01. The van der Waals surface area contributed by atoms with Gasteiger partial charge in [-0.2, -0.15) is 0 Å². The molecule has 0 amide bonds. The van der Waals surface area contributed by atoms with Gasteiger partial charge in [0.25, 0.3) is 0 Å². The summed E-state index contributed by atoms with van der Waals surface area (Å²) in [5.41, 5.74) is 0.890. The molecule has 0 heterocycles. The second-order valence-corrected chi connectivity index (χ2v) is 1.94. The zero-order chi connectivity index (χ0) is 6.69. The quantitative estimate of drug-likeness (QED) is 0.593. The number of halogens is 1. The van der Waals surface area contributed by atoms with Gasteiger partial charge in [-0.1, -0.05) is 0 Å². The normalized spacial score (nSPS) is 9.11. The molecule has 0 fully saturated rings. The van der Waals surface area contributed by atoms with Crippen LogP contribution in [-0.2, 0) is 0 Å². The third kappa shape index (κ3) is 1.65. The van der Waals surface area contributed by atoms with Gasteiger partial charge in [-0.3, -0.25) is 0 Å². The van der Waals surface area contributed by atoms with Crippen LogP contribution in [0.5, 0.6) is 0 Å². The van der Waals surface area contributed by atoms with Crippen LogP contribution in [0, 0.1) is 5.82 Å². The molecule has 1 aromatic carbocycles. The van der Waals surface area contributed by atoms with Gasteiger partial charge >= 0.3 is 0 Å². The van der Waals surface area contributed by atoms with E-state index in [1.807, 2.05) is 0 Å². The summed E-state index contributed by atoms with van der Waals surface area (Å²) in [5.74, 6) is -0.209. The molecular weight excluding hydrogens is 136 g/mol. The molecule has 1 aromatic rings. The zero-order valence-corrected chi connectivity index (χ0v) is 5.92. The smallest absolute Gasteiger partial charge is 0.123 e. The van der Waals surface area contributed by atoms with Gasteiger partial charge < -0.3 is 5.09 Å². The molecule has 0 bridgehead atoms. The first kappa shape index (κ1) is 6.50. The van der Waals surface area contributed by atoms with Crippen molar-refractivity contribution >= 4 is 15.1 Å². The third-order valence-electron chi connectivity index (χ3n) is 1.01. The molecule has 0 spiro atoms. The van der Waals surface area contributed by atoms with Crippen LogP contribution in [-0.4, -0.2) is 0 Å². The lowest BCUT2D eigenvalue weighted by Gasteiger charge is -1.95. The summed E-state index contributed by atoms with van der Waals surface area (Å²) in [7, 11) is 2.34. The van der Waals surface area contributed by atoms with Crippen LogP contribution in [0.3, 0.4) is 0 Å². The highest BCUT2D eigenvalue weighted by atomic mass is 31.0. The predicted octanol–water partition coefficient (Wildman–Crippen LogP) is 2.03. The molecule has 1 N–H and O–H groups in total. The first-order chi connectivity index (χ1) is 4.33. The van der Waals surface area contributed by atoms with Gasteiger partial charge in [-0.25, -0.2) is 4.39 Å². The highest BCUT2D eigenvalue weighted by Gasteiger charge is 1.86. The van der Waals surface area contributed by atoms with Gasteiger partial charge in [-0.15, -0.1) is 0 Å². The van der Waals surface area contributed by atoms with E-state index in [1.54, 1.807) is 12.1 Å². The maximum absolute atomic E-state index is 12.2. The van der Waals surface area contributed by atoms with Crippen molar-refractivity contribution in [2.24, 2.45) is 0 Å². The fraction of sp³-hybridized carbons (Fsp3) is 0. The maximum Gasteiger partial charge on any atom is 0.123 e. The predicted molar refractivity (Wildman–Crippen MR) is 39.7 cm³/mol. The van der Waals surface area contributed by atoms with Crippen molar-refractivity contribution in [1.29, 1.82) is 0 Å². The van der Waals surface area contributed by atoms with Gasteiger partial charge in [0.1, 0.15) is 5.82 Å². The highest BCUT2D eigenvalue weighted by Crippen LogP contribution is 2.08. The van der Waals surface area contributed by atoms with Crippen LogP contribution < -0.4 is 5.09 Å². The number of hydrogen-bond donors (Lipinski definition) is 1. The summed E-state index contributed by atoms with van der Waals surface area (Å²) in [4.78, 5) is 0. The molecule has 0 saturated carbocycles. The van der Waals surface area contributed by atoms with Gasteiger partial charge in [0.2, 0.25) is 0 Å². The fourth-order valence-electron chi connectivity index (χ4n) is 0.546. The number of hydrogen-bond acceptors (Lipinski definition) is 1. The van der Waals surface area contributed by atoms with Crippen LogP contribution in [0.15, 0.2) is 24.3 Å². The van der Waals surface area contributed by atoms with Crippen LogP contribution in [0.4, 0.5) is 10.1 Å². The molecule has 1 unspecified atom stereocenters. The van der Waals surface area contributed by atoms with E-state index in [2.05, 4.69) is 14.5 Å². The Morgan fingerprint density at radius 3 is 2.22 bits per heavy atom. The van der Waals surface area contributed by atoms with Crippen molar-refractivity contribution in [3.8, 4) is 0 Å². The molecule has 0 aromatic heterocycles. The number of rotatable bonds is 1. The third-order valence-corrected chi connectivity index (χ3v) is 1.34.